The van der Waals surface area contributed by atoms with Gasteiger partial charge in [-0.2, -0.15) is 0 Å². The highest BCUT2D eigenvalue weighted by Gasteiger charge is 2.02. The normalized spacial score (nSPS) is 11.6. The lowest BCUT2D eigenvalue weighted by molar-refractivity contribution is 0.0776. The fraction of sp³-hybridized carbons (Fsp3) is 0.588. The summed E-state index contributed by atoms with van der Waals surface area (Å²) in [6.45, 7) is 6.52. The summed E-state index contributed by atoms with van der Waals surface area (Å²) in [5.74, 6) is 1.75. The smallest absolute Gasteiger partial charge is 0.190 e. The fourth-order valence-electron chi connectivity index (χ4n) is 2.04. The van der Waals surface area contributed by atoms with Crippen LogP contribution in [0.3, 0.4) is 0 Å². The molecule has 0 aliphatic rings. The summed E-state index contributed by atoms with van der Waals surface area (Å²) < 4.78 is 10.9. The maximum Gasteiger partial charge on any atom is 0.190 e. The molecule has 5 heteroatoms. The van der Waals surface area contributed by atoms with Gasteiger partial charge in [-0.05, 0) is 38.3 Å². The van der Waals surface area contributed by atoms with E-state index in [9.17, 15) is 0 Å². The van der Waals surface area contributed by atoms with Crippen LogP contribution in [-0.2, 0) is 11.2 Å². The van der Waals surface area contributed by atoms with Crippen LogP contribution >= 0.6 is 0 Å². The van der Waals surface area contributed by atoms with E-state index in [1.54, 1.807) is 14.2 Å². The van der Waals surface area contributed by atoms with Crippen molar-refractivity contribution < 1.29 is 9.47 Å². The molecule has 0 saturated heterocycles. The van der Waals surface area contributed by atoms with Crippen LogP contribution in [0.1, 0.15) is 25.8 Å². The fourth-order valence-corrected chi connectivity index (χ4v) is 2.04. The lowest BCUT2D eigenvalue weighted by atomic mass is 10.1. The number of methoxy groups -OCH3 is 1. The number of benzene rings is 1. The van der Waals surface area contributed by atoms with Crippen molar-refractivity contribution >= 4 is 5.96 Å². The molecule has 0 saturated carbocycles. The van der Waals surface area contributed by atoms with Crippen molar-refractivity contribution in [2.45, 2.75) is 32.8 Å². The van der Waals surface area contributed by atoms with E-state index in [-0.39, 0.29) is 0 Å². The molecule has 0 heterocycles. The van der Waals surface area contributed by atoms with Crippen molar-refractivity contribution in [2.75, 3.05) is 33.9 Å². The first kappa shape index (κ1) is 18.3. The minimum Gasteiger partial charge on any atom is -0.496 e. The van der Waals surface area contributed by atoms with E-state index >= 15 is 0 Å². The molecule has 0 aliphatic carbocycles. The molecule has 0 unspecified atom stereocenters. The third-order valence-corrected chi connectivity index (χ3v) is 3.17. The number of nitrogens with zero attached hydrogens (tertiary/aromatic N) is 1. The molecule has 22 heavy (non-hydrogen) atoms. The van der Waals surface area contributed by atoms with E-state index in [2.05, 4.69) is 21.7 Å². The number of ether oxygens (including phenoxy) is 2. The SMILES string of the molecule is CN=C(NCCCOC(C)C)NCCc1ccccc1OC. The van der Waals surface area contributed by atoms with E-state index in [0.29, 0.717) is 6.10 Å². The standard InChI is InChI=1S/C17H29N3O2/c1-14(2)22-13-7-11-19-17(18-3)20-12-10-15-8-5-6-9-16(15)21-4/h5-6,8-9,14H,7,10-13H2,1-4H3,(H2,18,19,20). The van der Waals surface area contributed by atoms with Crippen LogP contribution < -0.4 is 15.4 Å². The Morgan fingerprint density at radius 2 is 1.91 bits per heavy atom. The van der Waals surface area contributed by atoms with Crippen LogP contribution in [-0.4, -0.2) is 45.9 Å². The van der Waals surface area contributed by atoms with Gasteiger partial charge >= 0.3 is 0 Å². The van der Waals surface area contributed by atoms with Gasteiger partial charge in [-0.3, -0.25) is 4.99 Å². The molecule has 0 amide bonds. The molecule has 0 bridgehead atoms. The average molecular weight is 307 g/mol. The molecule has 1 aromatic carbocycles. The second-order valence-electron chi connectivity index (χ2n) is 5.26. The quantitative estimate of drug-likeness (QED) is 0.417. The van der Waals surface area contributed by atoms with Gasteiger partial charge in [0.05, 0.1) is 13.2 Å². The van der Waals surface area contributed by atoms with Gasteiger partial charge < -0.3 is 20.1 Å². The van der Waals surface area contributed by atoms with E-state index in [0.717, 1.165) is 44.2 Å². The number of nitrogens with one attached hydrogen (secondary N) is 2. The number of aliphatic imine (C=N–C) groups is 1. The second kappa shape index (κ2) is 10.9. The predicted octanol–water partition coefficient (Wildman–Crippen LogP) is 2.22. The number of rotatable bonds is 9. The van der Waals surface area contributed by atoms with Crippen molar-refractivity contribution in [1.82, 2.24) is 10.6 Å². The molecule has 0 atom stereocenters. The Morgan fingerprint density at radius 3 is 2.59 bits per heavy atom. The topological polar surface area (TPSA) is 54.9 Å². The molecule has 0 aliphatic heterocycles. The Morgan fingerprint density at radius 1 is 1.18 bits per heavy atom. The molecule has 2 N–H and O–H groups in total. The number of para-hydroxylation sites is 1. The van der Waals surface area contributed by atoms with Crippen molar-refractivity contribution in [1.29, 1.82) is 0 Å². The zero-order valence-corrected chi connectivity index (χ0v) is 14.2. The van der Waals surface area contributed by atoms with Gasteiger partial charge in [-0.25, -0.2) is 0 Å². The van der Waals surface area contributed by atoms with E-state index in [1.165, 1.54) is 5.56 Å². The molecule has 1 aromatic rings. The largest absolute Gasteiger partial charge is 0.496 e. The van der Waals surface area contributed by atoms with Crippen LogP contribution in [0, 0.1) is 0 Å². The highest BCUT2D eigenvalue weighted by atomic mass is 16.5. The van der Waals surface area contributed by atoms with E-state index < -0.39 is 0 Å². The minimum absolute atomic E-state index is 0.290. The van der Waals surface area contributed by atoms with Gasteiger partial charge in [0.15, 0.2) is 5.96 Å². The second-order valence-corrected chi connectivity index (χ2v) is 5.26. The summed E-state index contributed by atoms with van der Waals surface area (Å²) in [5.41, 5.74) is 1.19. The Labute approximate surface area is 134 Å². The lowest BCUT2D eigenvalue weighted by Gasteiger charge is -2.13. The van der Waals surface area contributed by atoms with Crippen LogP contribution in [0.2, 0.25) is 0 Å². The highest BCUT2D eigenvalue weighted by Crippen LogP contribution is 2.17. The molecular formula is C17H29N3O2. The van der Waals surface area contributed by atoms with Crippen molar-refractivity contribution in [2.24, 2.45) is 4.99 Å². The molecule has 124 valence electrons. The van der Waals surface area contributed by atoms with Crippen molar-refractivity contribution in [3.8, 4) is 5.75 Å². The zero-order valence-electron chi connectivity index (χ0n) is 14.2. The third-order valence-electron chi connectivity index (χ3n) is 3.17. The lowest BCUT2D eigenvalue weighted by Crippen LogP contribution is -2.39. The first-order chi connectivity index (χ1) is 10.7. The Hall–Kier alpha value is -1.75. The molecule has 5 nitrogen and oxygen atoms in total. The van der Waals surface area contributed by atoms with Crippen LogP contribution in [0.25, 0.3) is 0 Å². The first-order valence-electron chi connectivity index (χ1n) is 7.85. The molecular weight excluding hydrogens is 278 g/mol. The summed E-state index contributed by atoms with van der Waals surface area (Å²) in [6, 6.07) is 8.08. The van der Waals surface area contributed by atoms with Crippen LogP contribution in [0.5, 0.6) is 5.75 Å². The Bertz CT molecular complexity index is 447. The van der Waals surface area contributed by atoms with Gasteiger partial charge in [-0.1, -0.05) is 18.2 Å². The van der Waals surface area contributed by atoms with Gasteiger partial charge in [0.25, 0.3) is 0 Å². The summed E-state index contributed by atoms with van der Waals surface area (Å²) >= 11 is 0. The van der Waals surface area contributed by atoms with E-state index in [4.69, 9.17) is 9.47 Å². The first-order valence-corrected chi connectivity index (χ1v) is 7.85. The van der Waals surface area contributed by atoms with Gasteiger partial charge in [0.1, 0.15) is 5.75 Å². The number of hydrogen-bond donors (Lipinski definition) is 2. The molecule has 0 aromatic heterocycles. The average Bonchev–Trinajstić information content (AvgIpc) is 2.53. The maximum absolute atomic E-state index is 5.51. The summed E-state index contributed by atoms with van der Waals surface area (Å²) in [5, 5.41) is 6.60. The molecule has 0 spiro atoms. The Kier molecular flexibility index (Phi) is 9.07. The van der Waals surface area contributed by atoms with Gasteiger partial charge in [0.2, 0.25) is 0 Å². The number of hydrogen-bond acceptors (Lipinski definition) is 3. The third kappa shape index (κ3) is 7.31. The monoisotopic (exact) mass is 307 g/mol. The van der Waals surface area contributed by atoms with Gasteiger partial charge in [-0.15, -0.1) is 0 Å². The summed E-state index contributed by atoms with van der Waals surface area (Å²) in [4.78, 5) is 4.22. The van der Waals surface area contributed by atoms with Crippen molar-refractivity contribution in [3.05, 3.63) is 29.8 Å². The minimum atomic E-state index is 0.290. The highest BCUT2D eigenvalue weighted by molar-refractivity contribution is 5.79. The number of guanidine groups is 1. The summed E-state index contributed by atoms with van der Waals surface area (Å²) in [6.07, 6.45) is 2.14. The van der Waals surface area contributed by atoms with Crippen molar-refractivity contribution in [3.63, 3.8) is 0 Å². The van der Waals surface area contributed by atoms with Gasteiger partial charge in [0, 0.05) is 26.7 Å². The van der Waals surface area contributed by atoms with Crippen LogP contribution in [0.4, 0.5) is 0 Å². The maximum atomic E-state index is 5.51. The van der Waals surface area contributed by atoms with E-state index in [1.807, 2.05) is 32.0 Å². The molecule has 0 fully saturated rings. The zero-order chi connectivity index (χ0) is 16.2. The Balaban J connectivity index is 2.24. The molecule has 0 radical (unpaired) electrons. The molecule has 1 rings (SSSR count). The van der Waals surface area contributed by atoms with Crippen LogP contribution in [0.15, 0.2) is 29.3 Å². The predicted molar refractivity (Wildman–Crippen MR) is 91.8 cm³/mol. The summed E-state index contributed by atoms with van der Waals surface area (Å²) in [7, 11) is 3.48.